The molecule has 2 aliphatic rings. The Morgan fingerprint density at radius 1 is 0.976 bits per heavy atom. The van der Waals surface area contributed by atoms with E-state index in [0.29, 0.717) is 49.5 Å². The van der Waals surface area contributed by atoms with Gasteiger partial charge in [-0.15, -0.1) is 0 Å². The monoisotopic (exact) mass is 557 g/mol. The Bertz CT molecular complexity index is 1410. The van der Waals surface area contributed by atoms with Gasteiger partial charge in [-0.2, -0.15) is 0 Å². The van der Waals surface area contributed by atoms with Crippen LogP contribution in [-0.4, -0.2) is 92.1 Å². The Hall–Kier alpha value is -4.28. The van der Waals surface area contributed by atoms with E-state index in [2.05, 4.69) is 15.1 Å². The van der Waals surface area contributed by atoms with Gasteiger partial charge in [-0.05, 0) is 48.0 Å². The molecule has 5 rings (SSSR count). The molecule has 1 unspecified atom stereocenters. The van der Waals surface area contributed by atoms with Gasteiger partial charge in [-0.3, -0.25) is 24.8 Å². The van der Waals surface area contributed by atoms with Crippen LogP contribution in [0.5, 0.6) is 0 Å². The second-order valence-electron chi connectivity index (χ2n) is 10.2. The maximum atomic E-state index is 12.9. The van der Waals surface area contributed by atoms with Crippen molar-refractivity contribution in [2.45, 2.75) is 19.4 Å². The van der Waals surface area contributed by atoms with Crippen LogP contribution in [0.3, 0.4) is 0 Å². The van der Waals surface area contributed by atoms with Crippen LogP contribution in [0.2, 0.25) is 0 Å². The number of carbonyl (C=O) groups is 3. The standard InChI is InChI=1S/C31H35N5O5/c1-2-40-28(37)14-15-34-16-18-35(19-17-34)20-25-21-36(31(39)41-25)24-12-10-23(11-13-24)29(32)33-30(38)27-9-5-7-22-6-3-4-8-26(22)27/h3-13,25H,2,14-21H2,1H3,(H2,32,33,38). The highest BCUT2D eigenvalue weighted by molar-refractivity contribution is 6.16. The van der Waals surface area contributed by atoms with E-state index >= 15 is 0 Å². The molecular formula is C31H35N5O5. The molecule has 0 bridgehead atoms. The first kappa shape index (κ1) is 28.3. The third-order valence-corrected chi connectivity index (χ3v) is 7.48. The summed E-state index contributed by atoms with van der Waals surface area (Å²) >= 11 is 0. The van der Waals surface area contributed by atoms with Crippen molar-refractivity contribution in [1.29, 1.82) is 5.41 Å². The number of piperazine rings is 1. The molecule has 2 heterocycles. The van der Waals surface area contributed by atoms with Crippen molar-refractivity contribution >= 4 is 40.3 Å². The zero-order valence-electron chi connectivity index (χ0n) is 23.2. The SMILES string of the molecule is CCOC(=O)CCN1CCN(CC2CN(c3ccc(C(=N)NC(=O)c4cccc5ccccc45)cc3)C(=O)O2)CC1. The number of cyclic esters (lactones) is 1. The summed E-state index contributed by atoms with van der Waals surface area (Å²) in [6.07, 6.45) is -0.237. The molecule has 2 saturated heterocycles. The van der Waals surface area contributed by atoms with Gasteiger partial charge in [-0.1, -0.05) is 36.4 Å². The number of benzene rings is 3. The van der Waals surface area contributed by atoms with Crippen molar-refractivity contribution in [2.75, 3.05) is 57.3 Å². The van der Waals surface area contributed by atoms with E-state index in [-0.39, 0.29) is 23.8 Å². The summed E-state index contributed by atoms with van der Waals surface area (Å²) in [6.45, 7) is 7.40. The lowest BCUT2D eigenvalue weighted by Gasteiger charge is -2.35. The Kier molecular flexibility index (Phi) is 8.91. The zero-order chi connectivity index (χ0) is 28.8. The topological polar surface area (TPSA) is 115 Å². The highest BCUT2D eigenvalue weighted by Crippen LogP contribution is 2.23. The summed E-state index contributed by atoms with van der Waals surface area (Å²) in [7, 11) is 0. The largest absolute Gasteiger partial charge is 0.466 e. The van der Waals surface area contributed by atoms with Crippen LogP contribution in [0.15, 0.2) is 66.7 Å². The number of nitrogens with zero attached hydrogens (tertiary/aromatic N) is 3. The lowest BCUT2D eigenvalue weighted by atomic mass is 10.0. The zero-order valence-corrected chi connectivity index (χ0v) is 23.2. The number of rotatable bonds is 9. The second-order valence-corrected chi connectivity index (χ2v) is 10.2. The number of nitrogens with one attached hydrogen (secondary N) is 2. The second kappa shape index (κ2) is 12.9. The average molecular weight is 558 g/mol. The van der Waals surface area contributed by atoms with Crippen LogP contribution >= 0.6 is 0 Å². The minimum atomic E-state index is -0.393. The predicted octanol–water partition coefficient (Wildman–Crippen LogP) is 3.49. The summed E-state index contributed by atoms with van der Waals surface area (Å²) in [5.74, 6) is -0.525. The van der Waals surface area contributed by atoms with Gasteiger partial charge in [0.2, 0.25) is 0 Å². The summed E-state index contributed by atoms with van der Waals surface area (Å²) in [4.78, 5) is 43.3. The van der Waals surface area contributed by atoms with Crippen molar-refractivity contribution in [3.63, 3.8) is 0 Å². The molecule has 0 spiro atoms. The Balaban J connectivity index is 1.11. The minimum absolute atomic E-state index is 0.0160. The van der Waals surface area contributed by atoms with E-state index in [1.807, 2.05) is 43.3 Å². The first-order valence-electron chi connectivity index (χ1n) is 14.0. The van der Waals surface area contributed by atoms with Gasteiger partial charge < -0.3 is 19.7 Å². The van der Waals surface area contributed by atoms with Gasteiger partial charge in [0.05, 0.1) is 19.6 Å². The third kappa shape index (κ3) is 6.90. The molecule has 2 aliphatic heterocycles. The Morgan fingerprint density at radius 2 is 1.68 bits per heavy atom. The normalized spacial score (nSPS) is 17.8. The molecule has 2 amide bonds. The van der Waals surface area contributed by atoms with Crippen LogP contribution in [0.1, 0.15) is 29.3 Å². The highest BCUT2D eigenvalue weighted by Gasteiger charge is 2.34. The van der Waals surface area contributed by atoms with Gasteiger partial charge in [0.1, 0.15) is 11.9 Å². The molecule has 1 atom stereocenters. The molecule has 10 heteroatoms. The van der Waals surface area contributed by atoms with Crippen molar-refractivity contribution in [3.8, 4) is 0 Å². The number of ether oxygens (including phenoxy) is 2. The van der Waals surface area contributed by atoms with E-state index in [1.165, 1.54) is 0 Å². The Morgan fingerprint density at radius 3 is 2.44 bits per heavy atom. The molecule has 10 nitrogen and oxygen atoms in total. The van der Waals surface area contributed by atoms with Gasteiger partial charge in [0.25, 0.3) is 5.91 Å². The van der Waals surface area contributed by atoms with Crippen LogP contribution in [0, 0.1) is 5.41 Å². The first-order valence-corrected chi connectivity index (χ1v) is 14.0. The number of amides is 2. The molecule has 3 aromatic carbocycles. The highest BCUT2D eigenvalue weighted by atomic mass is 16.6. The van der Waals surface area contributed by atoms with Gasteiger partial charge in [0, 0.05) is 56.1 Å². The van der Waals surface area contributed by atoms with Crippen LogP contribution in [0.4, 0.5) is 10.5 Å². The van der Waals surface area contributed by atoms with E-state index < -0.39 is 6.09 Å². The lowest BCUT2D eigenvalue weighted by Crippen LogP contribution is -2.49. The molecule has 3 aromatic rings. The molecule has 214 valence electrons. The van der Waals surface area contributed by atoms with E-state index in [9.17, 15) is 14.4 Å². The number of fused-ring (bicyclic) bond motifs is 1. The maximum Gasteiger partial charge on any atom is 0.414 e. The summed E-state index contributed by atoms with van der Waals surface area (Å²) in [6, 6.07) is 20.1. The van der Waals surface area contributed by atoms with Crippen LogP contribution in [0.25, 0.3) is 10.8 Å². The summed E-state index contributed by atoms with van der Waals surface area (Å²) < 4.78 is 10.7. The van der Waals surface area contributed by atoms with Crippen molar-refractivity contribution in [3.05, 3.63) is 77.9 Å². The number of hydrogen-bond acceptors (Lipinski definition) is 8. The number of esters is 1. The molecule has 0 radical (unpaired) electrons. The number of hydrogen-bond donors (Lipinski definition) is 2. The minimum Gasteiger partial charge on any atom is -0.466 e. The van der Waals surface area contributed by atoms with Gasteiger partial charge in [-0.25, -0.2) is 4.79 Å². The lowest BCUT2D eigenvalue weighted by molar-refractivity contribution is -0.143. The average Bonchev–Trinajstić information content (AvgIpc) is 3.36. The van der Waals surface area contributed by atoms with E-state index in [0.717, 1.165) is 37.0 Å². The summed E-state index contributed by atoms with van der Waals surface area (Å²) in [5, 5.41) is 12.9. The molecule has 0 saturated carbocycles. The molecule has 0 aromatic heterocycles. The van der Waals surface area contributed by atoms with Crippen molar-refractivity contribution in [2.24, 2.45) is 0 Å². The predicted molar refractivity (Wildman–Crippen MR) is 156 cm³/mol. The fraction of sp³-hybridized carbons (Fsp3) is 0.355. The molecule has 2 N–H and O–H groups in total. The van der Waals surface area contributed by atoms with Gasteiger partial charge in [0.15, 0.2) is 0 Å². The van der Waals surface area contributed by atoms with Crippen LogP contribution in [-0.2, 0) is 14.3 Å². The van der Waals surface area contributed by atoms with E-state index in [1.54, 1.807) is 35.2 Å². The number of anilines is 1. The number of carbonyl (C=O) groups excluding carboxylic acids is 3. The van der Waals surface area contributed by atoms with Crippen LogP contribution < -0.4 is 10.2 Å². The molecule has 0 aliphatic carbocycles. The third-order valence-electron chi connectivity index (χ3n) is 7.48. The summed E-state index contributed by atoms with van der Waals surface area (Å²) in [5.41, 5.74) is 1.72. The molecular weight excluding hydrogens is 522 g/mol. The molecule has 2 fully saturated rings. The quantitative estimate of drug-likeness (QED) is 0.235. The molecule has 41 heavy (non-hydrogen) atoms. The first-order chi connectivity index (χ1) is 19.9. The fourth-order valence-electron chi connectivity index (χ4n) is 5.28. The Labute approximate surface area is 239 Å². The maximum absolute atomic E-state index is 12.9. The van der Waals surface area contributed by atoms with Crippen molar-refractivity contribution < 1.29 is 23.9 Å². The number of amidine groups is 1. The van der Waals surface area contributed by atoms with Crippen molar-refractivity contribution in [1.82, 2.24) is 15.1 Å². The van der Waals surface area contributed by atoms with E-state index in [4.69, 9.17) is 14.9 Å². The smallest absolute Gasteiger partial charge is 0.414 e. The fourth-order valence-corrected chi connectivity index (χ4v) is 5.28. The van der Waals surface area contributed by atoms with Gasteiger partial charge >= 0.3 is 12.1 Å².